The number of aromatic amines is 1. The molecule has 0 radical (unpaired) electrons. The first-order valence-corrected chi connectivity index (χ1v) is 7.59. The lowest BCUT2D eigenvalue weighted by Gasteiger charge is -2.04. The maximum atomic E-state index is 4.81. The Morgan fingerprint density at radius 1 is 1.09 bits per heavy atom. The molecule has 0 saturated carbocycles. The number of nitrogens with one attached hydrogen (secondary N) is 1. The third-order valence-electron chi connectivity index (χ3n) is 3.92. The van der Waals surface area contributed by atoms with Gasteiger partial charge in [-0.1, -0.05) is 6.07 Å². The van der Waals surface area contributed by atoms with Crippen LogP contribution in [0.4, 0.5) is 0 Å². The summed E-state index contributed by atoms with van der Waals surface area (Å²) in [6.45, 7) is 4.11. The molecule has 4 rings (SSSR count). The van der Waals surface area contributed by atoms with Gasteiger partial charge in [-0.2, -0.15) is 0 Å². The summed E-state index contributed by atoms with van der Waals surface area (Å²) in [4.78, 5) is 16.9. The van der Waals surface area contributed by atoms with Gasteiger partial charge in [0.15, 0.2) is 0 Å². The molecule has 1 N–H and O–H groups in total. The van der Waals surface area contributed by atoms with Crippen LogP contribution in [0.5, 0.6) is 0 Å². The van der Waals surface area contributed by atoms with Gasteiger partial charge in [0.2, 0.25) is 0 Å². The Labute approximate surface area is 134 Å². The van der Waals surface area contributed by atoms with Crippen LogP contribution in [-0.4, -0.2) is 24.3 Å². The number of aryl methyl sites for hydroxylation is 2. The second-order valence-electron chi connectivity index (χ2n) is 5.77. The molecular weight excluding hydrogens is 286 g/mol. The average Bonchev–Trinajstić information content (AvgIpc) is 3.17. The topological polar surface area (TPSA) is 58.9 Å². The van der Waals surface area contributed by atoms with E-state index in [2.05, 4.69) is 50.7 Å². The monoisotopic (exact) mass is 303 g/mol. The minimum Gasteiger partial charge on any atom is -0.348 e. The van der Waals surface area contributed by atoms with Crippen LogP contribution in [0.2, 0.25) is 0 Å². The largest absolute Gasteiger partial charge is 0.348 e. The van der Waals surface area contributed by atoms with Crippen LogP contribution < -0.4 is 0 Å². The highest BCUT2D eigenvalue weighted by atomic mass is 15.0. The third kappa shape index (κ3) is 2.50. The molecule has 0 atom stereocenters. The van der Waals surface area contributed by atoms with E-state index in [1.165, 1.54) is 5.56 Å². The summed E-state index contributed by atoms with van der Waals surface area (Å²) in [7, 11) is 0. The van der Waals surface area contributed by atoms with Gasteiger partial charge >= 0.3 is 0 Å². The standard InChI is InChI=1S/C18H17N5/c1-12-5-8-23-15(10-16-19-6-7-20-16)18(22-17(23)9-12)14-4-3-13(2)11-21-14/h3-9,11H,10H2,1-2H3,(H,19,20). The quantitative estimate of drug-likeness (QED) is 0.631. The van der Waals surface area contributed by atoms with Crippen molar-refractivity contribution in [2.24, 2.45) is 0 Å². The second kappa shape index (κ2) is 5.35. The van der Waals surface area contributed by atoms with Gasteiger partial charge in [0, 0.05) is 31.2 Å². The molecule has 0 aromatic carbocycles. The van der Waals surface area contributed by atoms with Gasteiger partial charge < -0.3 is 9.38 Å². The smallest absolute Gasteiger partial charge is 0.138 e. The van der Waals surface area contributed by atoms with Gasteiger partial charge in [0.25, 0.3) is 0 Å². The maximum absolute atomic E-state index is 4.81. The van der Waals surface area contributed by atoms with Crippen molar-refractivity contribution < 1.29 is 0 Å². The SMILES string of the molecule is Cc1ccc(-c2nc3cc(C)ccn3c2Cc2ncc[nH]2)nc1. The molecule has 0 aliphatic rings. The van der Waals surface area contributed by atoms with E-state index in [-0.39, 0.29) is 0 Å². The summed E-state index contributed by atoms with van der Waals surface area (Å²) in [6.07, 6.45) is 8.23. The predicted octanol–water partition coefficient (Wildman–Crippen LogP) is 3.33. The van der Waals surface area contributed by atoms with Crippen molar-refractivity contribution in [3.8, 4) is 11.4 Å². The van der Waals surface area contributed by atoms with E-state index in [0.29, 0.717) is 6.42 Å². The van der Waals surface area contributed by atoms with Crippen LogP contribution in [-0.2, 0) is 6.42 Å². The van der Waals surface area contributed by atoms with Crippen molar-refractivity contribution in [1.82, 2.24) is 24.3 Å². The zero-order chi connectivity index (χ0) is 15.8. The Morgan fingerprint density at radius 3 is 2.74 bits per heavy atom. The van der Waals surface area contributed by atoms with Crippen molar-refractivity contribution in [3.05, 3.63) is 71.7 Å². The molecule has 0 aliphatic carbocycles. The lowest BCUT2D eigenvalue weighted by atomic mass is 10.1. The van der Waals surface area contributed by atoms with Crippen LogP contribution in [0.15, 0.2) is 49.1 Å². The fourth-order valence-corrected chi connectivity index (χ4v) is 2.73. The zero-order valence-electron chi connectivity index (χ0n) is 13.1. The molecule has 114 valence electrons. The van der Waals surface area contributed by atoms with E-state index < -0.39 is 0 Å². The zero-order valence-corrected chi connectivity index (χ0v) is 13.1. The summed E-state index contributed by atoms with van der Waals surface area (Å²) in [5, 5.41) is 0. The molecule has 0 bridgehead atoms. The molecule has 0 aliphatic heterocycles. The molecule has 0 fully saturated rings. The maximum Gasteiger partial charge on any atom is 0.138 e. The van der Waals surface area contributed by atoms with Gasteiger partial charge in [-0.3, -0.25) is 4.98 Å². The minimum atomic E-state index is 0.683. The van der Waals surface area contributed by atoms with Gasteiger partial charge in [-0.25, -0.2) is 9.97 Å². The molecule has 5 nitrogen and oxygen atoms in total. The highest BCUT2D eigenvalue weighted by molar-refractivity contribution is 5.64. The number of fused-ring (bicyclic) bond motifs is 1. The number of H-pyrrole nitrogens is 1. The Hall–Kier alpha value is -2.95. The fraction of sp³-hybridized carbons (Fsp3) is 0.167. The van der Waals surface area contributed by atoms with E-state index in [9.17, 15) is 0 Å². The highest BCUT2D eigenvalue weighted by Gasteiger charge is 2.16. The van der Waals surface area contributed by atoms with Crippen molar-refractivity contribution in [3.63, 3.8) is 0 Å². The molecule has 4 aromatic heterocycles. The highest BCUT2D eigenvalue weighted by Crippen LogP contribution is 2.25. The summed E-state index contributed by atoms with van der Waals surface area (Å²) in [5.74, 6) is 0.917. The second-order valence-corrected chi connectivity index (χ2v) is 5.77. The summed E-state index contributed by atoms with van der Waals surface area (Å²) >= 11 is 0. The minimum absolute atomic E-state index is 0.683. The Morgan fingerprint density at radius 2 is 2.00 bits per heavy atom. The van der Waals surface area contributed by atoms with Gasteiger partial charge in [0.05, 0.1) is 11.4 Å². The van der Waals surface area contributed by atoms with Crippen molar-refractivity contribution in [2.45, 2.75) is 20.3 Å². The number of nitrogens with zero attached hydrogens (tertiary/aromatic N) is 4. The first-order chi connectivity index (χ1) is 11.2. The molecule has 0 spiro atoms. The number of hydrogen-bond donors (Lipinski definition) is 1. The Bertz CT molecular complexity index is 949. The van der Waals surface area contributed by atoms with Crippen molar-refractivity contribution in [2.75, 3.05) is 0 Å². The fourth-order valence-electron chi connectivity index (χ4n) is 2.73. The van der Waals surface area contributed by atoms with E-state index in [1.54, 1.807) is 6.20 Å². The predicted molar refractivity (Wildman–Crippen MR) is 89.3 cm³/mol. The molecule has 0 unspecified atom stereocenters. The number of aromatic nitrogens is 5. The molecule has 0 amide bonds. The molecule has 5 heteroatoms. The van der Waals surface area contributed by atoms with Crippen LogP contribution in [0.3, 0.4) is 0 Å². The third-order valence-corrected chi connectivity index (χ3v) is 3.92. The van der Waals surface area contributed by atoms with Gasteiger partial charge in [0.1, 0.15) is 17.2 Å². The van der Waals surface area contributed by atoms with E-state index in [0.717, 1.165) is 34.1 Å². The van der Waals surface area contributed by atoms with E-state index in [1.807, 2.05) is 25.4 Å². The van der Waals surface area contributed by atoms with E-state index in [4.69, 9.17) is 4.98 Å². The molecule has 0 saturated heterocycles. The van der Waals surface area contributed by atoms with Crippen molar-refractivity contribution in [1.29, 1.82) is 0 Å². The van der Waals surface area contributed by atoms with Crippen LogP contribution in [0.1, 0.15) is 22.6 Å². The Kier molecular flexibility index (Phi) is 3.19. The summed E-state index contributed by atoms with van der Waals surface area (Å²) < 4.78 is 2.12. The molecule has 23 heavy (non-hydrogen) atoms. The number of rotatable bonds is 3. The molecular formula is C18H17N5. The van der Waals surface area contributed by atoms with E-state index >= 15 is 0 Å². The molecule has 4 aromatic rings. The number of pyridine rings is 2. The van der Waals surface area contributed by atoms with Gasteiger partial charge in [-0.05, 0) is 43.2 Å². The van der Waals surface area contributed by atoms with Crippen molar-refractivity contribution >= 4 is 5.65 Å². The lowest BCUT2D eigenvalue weighted by molar-refractivity contribution is 0.953. The normalized spacial score (nSPS) is 11.2. The number of hydrogen-bond acceptors (Lipinski definition) is 3. The lowest BCUT2D eigenvalue weighted by Crippen LogP contribution is -1.99. The van der Waals surface area contributed by atoms with Crippen LogP contribution in [0, 0.1) is 13.8 Å². The number of imidazole rings is 2. The summed E-state index contributed by atoms with van der Waals surface area (Å²) in [6, 6.07) is 8.26. The Balaban J connectivity index is 1.92. The van der Waals surface area contributed by atoms with Crippen LogP contribution >= 0.6 is 0 Å². The first kappa shape index (κ1) is 13.7. The summed E-state index contributed by atoms with van der Waals surface area (Å²) in [5.41, 5.74) is 6.15. The average molecular weight is 303 g/mol. The van der Waals surface area contributed by atoms with Crippen LogP contribution in [0.25, 0.3) is 17.0 Å². The first-order valence-electron chi connectivity index (χ1n) is 7.59. The molecule has 4 heterocycles. The van der Waals surface area contributed by atoms with Gasteiger partial charge in [-0.15, -0.1) is 0 Å².